The molecule has 2 aromatic rings. The molecule has 0 atom stereocenters. The molecule has 0 radical (unpaired) electrons. The molecule has 1 aliphatic heterocycles. The van der Waals surface area contributed by atoms with Crippen LogP contribution in [-0.2, 0) is 6.54 Å². The van der Waals surface area contributed by atoms with Gasteiger partial charge in [-0.05, 0) is 36.2 Å². The van der Waals surface area contributed by atoms with Crippen molar-refractivity contribution in [1.29, 1.82) is 0 Å². The SMILES string of the molecule is CCCOc1ccc(CNC(=O)c2cc(Cl)c3c(c2)OCCO3)cc1OC. The van der Waals surface area contributed by atoms with Gasteiger partial charge in [0.05, 0.1) is 18.7 Å². The molecule has 144 valence electrons. The Morgan fingerprint density at radius 1 is 1.19 bits per heavy atom. The first kappa shape index (κ1) is 19.2. The summed E-state index contributed by atoms with van der Waals surface area (Å²) in [6.07, 6.45) is 0.916. The normalized spacial score (nSPS) is 12.4. The molecule has 0 spiro atoms. The maximum absolute atomic E-state index is 12.5. The largest absolute Gasteiger partial charge is 0.493 e. The maximum Gasteiger partial charge on any atom is 0.251 e. The monoisotopic (exact) mass is 391 g/mol. The van der Waals surface area contributed by atoms with Gasteiger partial charge in [0.15, 0.2) is 23.0 Å². The number of carbonyl (C=O) groups is 1. The molecule has 0 aromatic heterocycles. The number of carbonyl (C=O) groups excluding carboxylic acids is 1. The van der Waals surface area contributed by atoms with Crippen LogP contribution >= 0.6 is 11.6 Å². The zero-order valence-electron chi connectivity index (χ0n) is 15.3. The average molecular weight is 392 g/mol. The minimum atomic E-state index is -0.251. The molecule has 6 nitrogen and oxygen atoms in total. The van der Waals surface area contributed by atoms with Gasteiger partial charge in [-0.1, -0.05) is 24.6 Å². The van der Waals surface area contributed by atoms with Crippen LogP contribution in [0.5, 0.6) is 23.0 Å². The van der Waals surface area contributed by atoms with Crippen molar-refractivity contribution in [3.8, 4) is 23.0 Å². The van der Waals surface area contributed by atoms with E-state index in [1.807, 2.05) is 25.1 Å². The third-order valence-corrected chi connectivity index (χ3v) is 4.28. The predicted molar refractivity (Wildman–Crippen MR) is 102 cm³/mol. The third-order valence-electron chi connectivity index (χ3n) is 4.00. The minimum Gasteiger partial charge on any atom is -0.493 e. The number of amides is 1. The van der Waals surface area contributed by atoms with Crippen LogP contribution in [-0.4, -0.2) is 32.8 Å². The lowest BCUT2D eigenvalue weighted by molar-refractivity contribution is 0.0949. The second kappa shape index (κ2) is 8.86. The topological polar surface area (TPSA) is 66.0 Å². The van der Waals surface area contributed by atoms with Gasteiger partial charge in [-0.2, -0.15) is 0 Å². The van der Waals surface area contributed by atoms with Crippen LogP contribution in [0, 0.1) is 0 Å². The fourth-order valence-electron chi connectivity index (χ4n) is 2.68. The summed E-state index contributed by atoms with van der Waals surface area (Å²) in [4.78, 5) is 12.5. The van der Waals surface area contributed by atoms with Crippen molar-refractivity contribution in [2.75, 3.05) is 26.9 Å². The lowest BCUT2D eigenvalue weighted by atomic mass is 10.1. The number of hydrogen-bond acceptors (Lipinski definition) is 5. The number of ether oxygens (including phenoxy) is 4. The molecular weight excluding hydrogens is 370 g/mol. The molecular formula is C20H22ClNO5. The summed E-state index contributed by atoms with van der Waals surface area (Å²) in [5.74, 6) is 2.04. The fourth-order valence-corrected chi connectivity index (χ4v) is 2.94. The van der Waals surface area contributed by atoms with Gasteiger partial charge in [-0.25, -0.2) is 0 Å². The lowest BCUT2D eigenvalue weighted by Gasteiger charge is -2.20. The van der Waals surface area contributed by atoms with Gasteiger partial charge < -0.3 is 24.3 Å². The van der Waals surface area contributed by atoms with Crippen LogP contribution in [0.15, 0.2) is 30.3 Å². The van der Waals surface area contributed by atoms with E-state index in [4.69, 9.17) is 30.5 Å². The number of benzene rings is 2. The second-order valence-electron chi connectivity index (χ2n) is 6.00. The Morgan fingerprint density at radius 2 is 2.00 bits per heavy atom. The molecule has 1 N–H and O–H groups in total. The first-order valence-corrected chi connectivity index (χ1v) is 9.17. The van der Waals surface area contributed by atoms with Crippen molar-refractivity contribution >= 4 is 17.5 Å². The second-order valence-corrected chi connectivity index (χ2v) is 6.41. The number of fused-ring (bicyclic) bond motifs is 1. The maximum atomic E-state index is 12.5. The van der Waals surface area contributed by atoms with Crippen molar-refractivity contribution in [1.82, 2.24) is 5.32 Å². The minimum absolute atomic E-state index is 0.251. The summed E-state index contributed by atoms with van der Waals surface area (Å²) in [7, 11) is 1.59. The summed E-state index contributed by atoms with van der Waals surface area (Å²) >= 11 is 6.19. The third kappa shape index (κ3) is 4.57. The van der Waals surface area contributed by atoms with Gasteiger partial charge in [-0.15, -0.1) is 0 Å². The molecule has 0 unspecified atom stereocenters. The van der Waals surface area contributed by atoms with E-state index in [9.17, 15) is 4.79 Å². The van der Waals surface area contributed by atoms with Crippen LogP contribution < -0.4 is 24.3 Å². The molecule has 0 fully saturated rings. The van der Waals surface area contributed by atoms with Gasteiger partial charge in [0, 0.05) is 12.1 Å². The quantitative estimate of drug-likeness (QED) is 0.776. The standard InChI is InChI=1S/C20H22ClNO5/c1-3-6-25-16-5-4-13(9-17(16)24-2)12-22-20(23)14-10-15(21)19-18(11-14)26-7-8-27-19/h4-5,9-11H,3,6-8,12H2,1-2H3,(H,22,23). The summed E-state index contributed by atoms with van der Waals surface area (Å²) in [5.41, 5.74) is 1.31. The molecule has 2 aromatic carbocycles. The first-order valence-electron chi connectivity index (χ1n) is 8.79. The Morgan fingerprint density at radius 3 is 2.78 bits per heavy atom. The highest BCUT2D eigenvalue weighted by atomic mass is 35.5. The Labute approximate surface area is 163 Å². The number of hydrogen-bond donors (Lipinski definition) is 1. The van der Waals surface area contributed by atoms with Gasteiger partial charge in [0.1, 0.15) is 13.2 Å². The van der Waals surface area contributed by atoms with E-state index in [1.165, 1.54) is 0 Å². The Balaban J connectivity index is 1.68. The number of nitrogens with one attached hydrogen (secondary N) is 1. The van der Waals surface area contributed by atoms with E-state index in [2.05, 4.69) is 5.32 Å². The van der Waals surface area contributed by atoms with E-state index in [0.29, 0.717) is 59.9 Å². The van der Waals surface area contributed by atoms with E-state index < -0.39 is 0 Å². The van der Waals surface area contributed by atoms with Crippen molar-refractivity contribution < 1.29 is 23.7 Å². The van der Waals surface area contributed by atoms with Crippen molar-refractivity contribution in [2.24, 2.45) is 0 Å². The van der Waals surface area contributed by atoms with Crippen LogP contribution in [0.4, 0.5) is 0 Å². The predicted octanol–water partition coefficient (Wildman–Crippen LogP) is 3.84. The number of rotatable bonds is 7. The Kier molecular flexibility index (Phi) is 6.29. The number of methoxy groups -OCH3 is 1. The zero-order valence-corrected chi connectivity index (χ0v) is 16.1. The van der Waals surface area contributed by atoms with E-state index in [-0.39, 0.29) is 5.91 Å². The van der Waals surface area contributed by atoms with Gasteiger partial charge in [0.2, 0.25) is 0 Å². The molecule has 7 heteroatoms. The average Bonchev–Trinajstić information content (AvgIpc) is 2.70. The molecule has 1 aliphatic rings. The van der Waals surface area contributed by atoms with E-state index in [1.54, 1.807) is 19.2 Å². The van der Waals surface area contributed by atoms with Crippen molar-refractivity contribution in [3.63, 3.8) is 0 Å². The summed E-state index contributed by atoms with van der Waals surface area (Å²) in [6.45, 7) is 3.88. The van der Waals surface area contributed by atoms with E-state index in [0.717, 1.165) is 12.0 Å². The van der Waals surface area contributed by atoms with Crippen LogP contribution in [0.3, 0.4) is 0 Å². The highest BCUT2D eigenvalue weighted by Crippen LogP contribution is 2.38. The smallest absolute Gasteiger partial charge is 0.251 e. The molecule has 0 saturated heterocycles. The molecule has 1 amide bonds. The molecule has 0 aliphatic carbocycles. The Hall–Kier alpha value is -2.60. The van der Waals surface area contributed by atoms with Crippen LogP contribution in [0.25, 0.3) is 0 Å². The summed E-state index contributed by atoms with van der Waals surface area (Å²) < 4.78 is 22.0. The van der Waals surface area contributed by atoms with Crippen molar-refractivity contribution in [2.45, 2.75) is 19.9 Å². The summed E-state index contributed by atoms with van der Waals surface area (Å²) in [6, 6.07) is 8.80. The first-order chi connectivity index (χ1) is 13.1. The summed E-state index contributed by atoms with van der Waals surface area (Å²) in [5, 5.41) is 3.23. The van der Waals surface area contributed by atoms with Gasteiger partial charge in [-0.3, -0.25) is 4.79 Å². The number of halogens is 1. The van der Waals surface area contributed by atoms with E-state index >= 15 is 0 Å². The zero-order chi connectivity index (χ0) is 19.2. The lowest BCUT2D eigenvalue weighted by Crippen LogP contribution is -2.23. The molecule has 3 rings (SSSR count). The molecule has 0 bridgehead atoms. The van der Waals surface area contributed by atoms with Crippen molar-refractivity contribution in [3.05, 3.63) is 46.5 Å². The van der Waals surface area contributed by atoms with Gasteiger partial charge in [0.25, 0.3) is 5.91 Å². The Bertz CT molecular complexity index is 824. The molecule has 27 heavy (non-hydrogen) atoms. The molecule has 0 saturated carbocycles. The highest BCUT2D eigenvalue weighted by Gasteiger charge is 2.19. The fraction of sp³-hybridized carbons (Fsp3) is 0.350. The van der Waals surface area contributed by atoms with Crippen LogP contribution in [0.1, 0.15) is 29.3 Å². The van der Waals surface area contributed by atoms with Crippen LogP contribution in [0.2, 0.25) is 5.02 Å². The highest BCUT2D eigenvalue weighted by molar-refractivity contribution is 6.32. The molecule has 1 heterocycles. The van der Waals surface area contributed by atoms with Gasteiger partial charge >= 0.3 is 0 Å².